The predicted octanol–water partition coefficient (Wildman–Crippen LogP) is 9.38. The summed E-state index contributed by atoms with van der Waals surface area (Å²) in [6.07, 6.45) is 5.69. The first kappa shape index (κ1) is 33.3. The zero-order valence-electron chi connectivity index (χ0n) is 27.1. The number of esters is 2. The molecule has 2 atom stereocenters. The van der Waals surface area contributed by atoms with Crippen molar-refractivity contribution in [3.8, 4) is 17.2 Å². The Labute approximate surface area is 267 Å². The Kier molecular flexibility index (Phi) is 11.4. The second-order valence-corrected chi connectivity index (χ2v) is 12.6. The van der Waals surface area contributed by atoms with E-state index in [-0.39, 0.29) is 23.4 Å². The Morgan fingerprint density at radius 1 is 0.578 bits per heavy atom. The molecular weight excluding hydrogens is 560 g/mol. The van der Waals surface area contributed by atoms with Crippen molar-refractivity contribution in [2.75, 3.05) is 0 Å². The number of hydrogen-bond donors (Lipinski definition) is 1. The summed E-state index contributed by atoms with van der Waals surface area (Å²) in [6, 6.07) is 28.1. The molecule has 0 amide bonds. The van der Waals surface area contributed by atoms with Gasteiger partial charge in [0.15, 0.2) is 0 Å². The van der Waals surface area contributed by atoms with E-state index < -0.39 is 11.9 Å². The van der Waals surface area contributed by atoms with E-state index >= 15 is 0 Å². The number of carbonyl (C=O) groups is 2. The van der Waals surface area contributed by atoms with Gasteiger partial charge in [-0.2, -0.15) is 0 Å². The average molecular weight is 605 g/mol. The lowest BCUT2D eigenvalue weighted by Crippen LogP contribution is -2.16. The van der Waals surface area contributed by atoms with Crippen molar-refractivity contribution in [2.24, 2.45) is 11.8 Å². The smallest absolute Gasteiger partial charge is 0.318 e. The fourth-order valence-corrected chi connectivity index (χ4v) is 5.11. The largest absolute Gasteiger partial charge is 0.508 e. The van der Waals surface area contributed by atoms with Crippen LogP contribution < -0.4 is 9.47 Å². The molecule has 0 saturated heterocycles. The van der Waals surface area contributed by atoms with Crippen molar-refractivity contribution >= 4 is 24.1 Å². The predicted molar refractivity (Wildman–Crippen MR) is 182 cm³/mol. The van der Waals surface area contributed by atoms with Crippen molar-refractivity contribution in [2.45, 2.75) is 66.2 Å². The van der Waals surface area contributed by atoms with E-state index in [1.165, 1.54) is 17.2 Å². The van der Waals surface area contributed by atoms with Gasteiger partial charge in [-0.3, -0.25) is 9.59 Å². The lowest BCUT2D eigenvalue weighted by atomic mass is 9.97. The molecule has 0 radical (unpaired) electrons. The van der Waals surface area contributed by atoms with Gasteiger partial charge in [-0.1, -0.05) is 101 Å². The minimum Gasteiger partial charge on any atom is -0.508 e. The topological polar surface area (TPSA) is 72.8 Å². The van der Waals surface area contributed by atoms with Crippen molar-refractivity contribution in [1.82, 2.24) is 0 Å². The third-order valence-electron chi connectivity index (χ3n) is 7.65. The van der Waals surface area contributed by atoms with E-state index in [2.05, 4.69) is 52.0 Å². The van der Waals surface area contributed by atoms with Gasteiger partial charge in [0.05, 0.1) is 11.8 Å². The molecule has 234 valence electrons. The quantitative estimate of drug-likeness (QED) is 0.0991. The normalized spacial score (nSPS) is 12.8. The second kappa shape index (κ2) is 15.4. The number of rotatable bonds is 12. The van der Waals surface area contributed by atoms with Crippen LogP contribution in [0.2, 0.25) is 0 Å². The van der Waals surface area contributed by atoms with Gasteiger partial charge in [0.25, 0.3) is 0 Å². The van der Waals surface area contributed by atoms with Crippen LogP contribution >= 0.6 is 0 Å². The lowest BCUT2D eigenvalue weighted by molar-refractivity contribution is -0.136. The van der Waals surface area contributed by atoms with Crippen LogP contribution in [0.4, 0.5) is 0 Å². The molecular formula is C40H44O5. The molecule has 0 saturated carbocycles. The standard InChI is InChI=1S/C40H44O5/c1-26(2)21-31-9-15-34(16-10-31)28(5)39(42)44-37-19-13-30(14-20-37)7-8-33-23-36(41)25-38(24-33)45-40(43)29(6)35-17-11-32(12-18-35)22-27(3)4/h7-20,23-29,41H,21-22H2,1-6H3. The minimum atomic E-state index is -0.453. The van der Waals surface area contributed by atoms with Gasteiger partial charge in [0, 0.05) is 6.07 Å². The van der Waals surface area contributed by atoms with Crippen LogP contribution in [0, 0.1) is 11.8 Å². The summed E-state index contributed by atoms with van der Waals surface area (Å²) < 4.78 is 11.3. The molecule has 4 aromatic rings. The second-order valence-electron chi connectivity index (χ2n) is 12.6. The summed E-state index contributed by atoms with van der Waals surface area (Å²) in [5, 5.41) is 10.3. The van der Waals surface area contributed by atoms with Gasteiger partial charge in [-0.25, -0.2) is 0 Å². The van der Waals surface area contributed by atoms with E-state index in [0.717, 1.165) is 29.5 Å². The number of phenolic OH excluding ortho intramolecular Hbond substituents is 1. The number of benzene rings is 4. The molecule has 0 aliphatic carbocycles. The van der Waals surface area contributed by atoms with Crippen LogP contribution in [0.1, 0.15) is 86.8 Å². The Morgan fingerprint density at radius 3 is 1.49 bits per heavy atom. The van der Waals surface area contributed by atoms with Gasteiger partial charge >= 0.3 is 11.9 Å². The first-order valence-corrected chi connectivity index (χ1v) is 15.7. The molecule has 5 heteroatoms. The third-order valence-corrected chi connectivity index (χ3v) is 7.65. The molecule has 1 N–H and O–H groups in total. The van der Waals surface area contributed by atoms with Crippen molar-refractivity contribution in [1.29, 1.82) is 0 Å². The Bertz CT molecular complexity index is 1600. The molecule has 0 heterocycles. The Hall–Kier alpha value is -4.64. The van der Waals surface area contributed by atoms with E-state index in [4.69, 9.17) is 9.47 Å². The highest BCUT2D eigenvalue weighted by atomic mass is 16.5. The zero-order valence-corrected chi connectivity index (χ0v) is 27.1. The maximum absolute atomic E-state index is 12.9. The molecule has 0 spiro atoms. The molecule has 45 heavy (non-hydrogen) atoms. The van der Waals surface area contributed by atoms with Gasteiger partial charge in [0.2, 0.25) is 0 Å². The zero-order chi connectivity index (χ0) is 32.5. The molecule has 5 nitrogen and oxygen atoms in total. The van der Waals surface area contributed by atoms with E-state index in [1.807, 2.05) is 62.4 Å². The van der Waals surface area contributed by atoms with Crippen LogP contribution in [0.15, 0.2) is 91.0 Å². The molecule has 0 aromatic heterocycles. The molecule has 4 aromatic carbocycles. The molecule has 0 aliphatic rings. The van der Waals surface area contributed by atoms with Gasteiger partial charge in [0.1, 0.15) is 17.2 Å². The third kappa shape index (κ3) is 9.94. The van der Waals surface area contributed by atoms with E-state index in [9.17, 15) is 14.7 Å². The molecule has 0 aliphatic heterocycles. The molecule has 0 bridgehead atoms. The van der Waals surface area contributed by atoms with E-state index in [0.29, 0.717) is 23.1 Å². The summed E-state index contributed by atoms with van der Waals surface area (Å²) in [5.41, 5.74) is 5.85. The Balaban J connectivity index is 1.34. The SMILES string of the molecule is CC(C)Cc1ccc(C(C)C(=O)Oc2ccc(C=Cc3cc(O)cc(OC(=O)C(C)c4ccc(CC(C)C)cc4)c3)cc2)cc1. The van der Waals surface area contributed by atoms with Crippen molar-refractivity contribution < 1.29 is 24.2 Å². The fourth-order valence-electron chi connectivity index (χ4n) is 5.11. The number of phenols is 1. The molecule has 2 unspecified atom stereocenters. The number of ether oxygens (including phenoxy) is 2. The average Bonchev–Trinajstić information content (AvgIpc) is 3.00. The van der Waals surface area contributed by atoms with Gasteiger partial charge in [-0.05, 0) is 96.2 Å². The van der Waals surface area contributed by atoms with Crippen molar-refractivity contribution in [3.63, 3.8) is 0 Å². The summed E-state index contributed by atoms with van der Waals surface area (Å²) >= 11 is 0. The first-order chi connectivity index (χ1) is 21.5. The van der Waals surface area contributed by atoms with E-state index in [1.54, 1.807) is 24.3 Å². The van der Waals surface area contributed by atoms with Gasteiger partial charge < -0.3 is 14.6 Å². The highest BCUT2D eigenvalue weighted by Crippen LogP contribution is 2.27. The Morgan fingerprint density at radius 2 is 1.02 bits per heavy atom. The maximum Gasteiger partial charge on any atom is 0.318 e. The number of hydrogen-bond acceptors (Lipinski definition) is 5. The molecule has 4 rings (SSSR count). The number of aromatic hydroxyl groups is 1. The van der Waals surface area contributed by atoms with Crippen LogP contribution in [-0.4, -0.2) is 17.0 Å². The summed E-state index contributed by atoms with van der Waals surface area (Å²) in [7, 11) is 0. The first-order valence-electron chi connectivity index (χ1n) is 15.7. The van der Waals surface area contributed by atoms with Crippen LogP contribution in [0.25, 0.3) is 12.2 Å². The highest BCUT2D eigenvalue weighted by Gasteiger charge is 2.19. The summed E-state index contributed by atoms with van der Waals surface area (Å²) in [6.45, 7) is 12.4. The fraction of sp³-hybridized carbons (Fsp3) is 0.300. The lowest BCUT2D eigenvalue weighted by Gasteiger charge is -2.13. The highest BCUT2D eigenvalue weighted by molar-refractivity contribution is 5.81. The summed E-state index contributed by atoms with van der Waals surface area (Å²) in [5.74, 6) is 0.338. The molecule has 0 fully saturated rings. The maximum atomic E-state index is 12.9. The summed E-state index contributed by atoms with van der Waals surface area (Å²) in [4.78, 5) is 25.7. The monoisotopic (exact) mass is 604 g/mol. The van der Waals surface area contributed by atoms with Crippen molar-refractivity contribution in [3.05, 3.63) is 124 Å². The van der Waals surface area contributed by atoms with Crippen LogP contribution in [0.5, 0.6) is 17.2 Å². The van der Waals surface area contributed by atoms with Crippen LogP contribution in [0.3, 0.4) is 0 Å². The minimum absolute atomic E-state index is 0.00316. The number of carbonyl (C=O) groups excluding carboxylic acids is 2. The van der Waals surface area contributed by atoms with Gasteiger partial charge in [-0.15, -0.1) is 0 Å². The van der Waals surface area contributed by atoms with Crippen LogP contribution in [-0.2, 0) is 22.4 Å².